The van der Waals surface area contributed by atoms with E-state index < -0.39 is 11.0 Å². The molecule has 0 spiro atoms. The van der Waals surface area contributed by atoms with E-state index in [4.69, 9.17) is 4.74 Å². The highest BCUT2D eigenvalue weighted by Crippen LogP contribution is 2.15. The highest BCUT2D eigenvalue weighted by molar-refractivity contribution is 5.87. The van der Waals surface area contributed by atoms with Crippen molar-refractivity contribution in [2.75, 3.05) is 0 Å². The van der Waals surface area contributed by atoms with Crippen molar-refractivity contribution in [1.82, 2.24) is 5.43 Å². The summed E-state index contributed by atoms with van der Waals surface area (Å²) in [4.78, 5) is 21.5. The van der Waals surface area contributed by atoms with Crippen molar-refractivity contribution < 1.29 is 14.5 Å². The van der Waals surface area contributed by atoms with Gasteiger partial charge in [-0.2, -0.15) is 5.10 Å². The lowest BCUT2D eigenvalue weighted by molar-refractivity contribution is -0.384. The van der Waals surface area contributed by atoms with E-state index in [-0.39, 0.29) is 17.7 Å². The second-order valence-electron chi connectivity index (χ2n) is 5.56. The lowest BCUT2D eigenvalue weighted by atomic mass is 9.91. The number of rotatable bonds is 4. The van der Waals surface area contributed by atoms with Crippen LogP contribution < -0.4 is 5.43 Å². The number of nitrogens with zero attached hydrogens (tertiary/aromatic N) is 2. The first-order chi connectivity index (χ1) is 9.70. The molecule has 114 valence electrons. The summed E-state index contributed by atoms with van der Waals surface area (Å²) >= 11 is 0. The lowest BCUT2D eigenvalue weighted by Gasteiger charge is -2.17. The number of amides is 1. The molecule has 0 aliphatic rings. The van der Waals surface area contributed by atoms with Crippen LogP contribution in [0, 0.1) is 15.5 Å². The normalized spacial score (nSPS) is 11.9. The summed E-state index contributed by atoms with van der Waals surface area (Å²) in [7, 11) is 0. The van der Waals surface area contributed by atoms with E-state index in [0.717, 1.165) is 5.71 Å². The van der Waals surface area contributed by atoms with E-state index in [9.17, 15) is 14.9 Å². The van der Waals surface area contributed by atoms with Gasteiger partial charge in [0.05, 0.1) is 4.92 Å². The highest BCUT2D eigenvalue weighted by atomic mass is 16.6. The Morgan fingerprint density at radius 2 is 1.90 bits per heavy atom. The molecule has 0 fully saturated rings. The van der Waals surface area contributed by atoms with Gasteiger partial charge < -0.3 is 4.74 Å². The molecule has 1 N–H and O–H groups in total. The summed E-state index contributed by atoms with van der Waals surface area (Å²) < 4.78 is 4.96. The van der Waals surface area contributed by atoms with E-state index >= 15 is 0 Å². The van der Waals surface area contributed by atoms with Crippen molar-refractivity contribution in [2.24, 2.45) is 10.5 Å². The third-order valence-electron chi connectivity index (χ3n) is 2.92. The zero-order valence-corrected chi connectivity index (χ0v) is 12.5. The molecule has 0 aliphatic carbocycles. The molecule has 0 radical (unpaired) electrons. The Bertz CT molecular complexity index is 544. The van der Waals surface area contributed by atoms with Crippen molar-refractivity contribution in [1.29, 1.82) is 0 Å². The summed E-state index contributed by atoms with van der Waals surface area (Å²) in [5, 5.41) is 14.5. The van der Waals surface area contributed by atoms with Gasteiger partial charge in [-0.3, -0.25) is 10.1 Å². The molecule has 0 atom stereocenters. The molecule has 7 nitrogen and oxygen atoms in total. The first kappa shape index (κ1) is 16.6. The number of nitro benzene ring substituents is 1. The zero-order valence-electron chi connectivity index (χ0n) is 12.5. The van der Waals surface area contributed by atoms with Gasteiger partial charge in [0.1, 0.15) is 6.61 Å². The Labute approximate surface area is 123 Å². The maximum absolute atomic E-state index is 11.5. The average molecular weight is 293 g/mol. The third-order valence-corrected chi connectivity index (χ3v) is 2.92. The molecular formula is C14H19N3O4. The predicted molar refractivity (Wildman–Crippen MR) is 79.0 cm³/mol. The standard InChI is InChI=1S/C14H19N3O4/c1-10(14(2,3)4)15-16-13(18)21-9-11-5-7-12(8-6-11)17(19)20/h5-8H,9H2,1-4H3,(H,16,18). The fraction of sp³-hybridized carbons (Fsp3) is 0.429. The van der Waals surface area contributed by atoms with Crippen LogP contribution in [-0.4, -0.2) is 16.7 Å². The van der Waals surface area contributed by atoms with Crippen LogP contribution in [0.1, 0.15) is 33.3 Å². The molecule has 1 rings (SSSR count). The number of hydrogen-bond acceptors (Lipinski definition) is 5. The molecule has 0 heterocycles. The summed E-state index contributed by atoms with van der Waals surface area (Å²) in [5.41, 5.74) is 3.60. The first-order valence-electron chi connectivity index (χ1n) is 6.41. The maximum Gasteiger partial charge on any atom is 0.428 e. The lowest BCUT2D eigenvalue weighted by Crippen LogP contribution is -2.25. The van der Waals surface area contributed by atoms with Gasteiger partial charge >= 0.3 is 6.09 Å². The van der Waals surface area contributed by atoms with Crippen LogP contribution in [0.4, 0.5) is 10.5 Å². The van der Waals surface area contributed by atoms with Crippen LogP contribution in [0.15, 0.2) is 29.4 Å². The van der Waals surface area contributed by atoms with Crippen LogP contribution in [-0.2, 0) is 11.3 Å². The minimum atomic E-state index is -0.669. The van der Waals surface area contributed by atoms with E-state index in [1.165, 1.54) is 24.3 Å². The fourth-order valence-corrected chi connectivity index (χ4v) is 1.19. The number of benzene rings is 1. The minimum absolute atomic E-state index is 0.00592. The Hall–Kier alpha value is -2.44. The second kappa shape index (κ2) is 6.83. The molecule has 1 aromatic carbocycles. The maximum atomic E-state index is 11.5. The van der Waals surface area contributed by atoms with Crippen molar-refractivity contribution in [2.45, 2.75) is 34.3 Å². The van der Waals surface area contributed by atoms with E-state index in [1.54, 1.807) is 0 Å². The van der Waals surface area contributed by atoms with Gasteiger partial charge in [-0.1, -0.05) is 20.8 Å². The Morgan fingerprint density at radius 3 is 2.38 bits per heavy atom. The number of ether oxygens (including phenoxy) is 1. The third kappa shape index (κ3) is 5.60. The molecule has 0 saturated carbocycles. The quantitative estimate of drug-likeness (QED) is 0.524. The smallest absolute Gasteiger partial charge is 0.428 e. The zero-order chi connectivity index (χ0) is 16.0. The molecule has 0 bridgehead atoms. The van der Waals surface area contributed by atoms with Crippen LogP contribution in [0.5, 0.6) is 0 Å². The van der Waals surface area contributed by atoms with Gasteiger partial charge in [0.2, 0.25) is 0 Å². The Kier molecular flexibility index (Phi) is 5.40. The predicted octanol–water partition coefficient (Wildman–Crippen LogP) is 3.24. The highest BCUT2D eigenvalue weighted by Gasteiger charge is 2.14. The number of hydrogen-bond donors (Lipinski definition) is 1. The monoisotopic (exact) mass is 293 g/mol. The van der Waals surface area contributed by atoms with Gasteiger partial charge in [-0.05, 0) is 24.6 Å². The van der Waals surface area contributed by atoms with E-state index in [2.05, 4.69) is 10.5 Å². The molecule has 0 aromatic heterocycles. The average Bonchev–Trinajstić information content (AvgIpc) is 2.41. The number of hydrazone groups is 1. The SMILES string of the molecule is CC(=NNC(=O)OCc1ccc([N+](=O)[O-])cc1)C(C)(C)C. The van der Waals surface area contributed by atoms with Gasteiger partial charge in [-0.25, -0.2) is 10.2 Å². The first-order valence-corrected chi connectivity index (χ1v) is 6.41. The topological polar surface area (TPSA) is 93.8 Å². The molecule has 0 unspecified atom stereocenters. The Balaban J connectivity index is 2.48. The van der Waals surface area contributed by atoms with Crippen LogP contribution in [0.2, 0.25) is 0 Å². The summed E-state index contributed by atoms with van der Waals surface area (Å²) in [6, 6.07) is 5.79. The van der Waals surface area contributed by atoms with Gasteiger partial charge in [0.15, 0.2) is 0 Å². The van der Waals surface area contributed by atoms with Crippen LogP contribution >= 0.6 is 0 Å². The fourth-order valence-electron chi connectivity index (χ4n) is 1.19. The van der Waals surface area contributed by atoms with Crippen molar-refractivity contribution in [3.8, 4) is 0 Å². The van der Waals surface area contributed by atoms with E-state index in [0.29, 0.717) is 5.56 Å². The van der Waals surface area contributed by atoms with Gasteiger partial charge in [0, 0.05) is 23.3 Å². The van der Waals surface area contributed by atoms with Crippen molar-refractivity contribution in [3.05, 3.63) is 39.9 Å². The summed E-state index contributed by atoms with van der Waals surface area (Å²) in [6.07, 6.45) is -0.669. The number of carbonyl (C=O) groups excluding carboxylic acids is 1. The van der Waals surface area contributed by atoms with E-state index in [1.807, 2.05) is 27.7 Å². The van der Waals surface area contributed by atoms with Crippen LogP contribution in [0.25, 0.3) is 0 Å². The van der Waals surface area contributed by atoms with Crippen LogP contribution in [0.3, 0.4) is 0 Å². The van der Waals surface area contributed by atoms with Crippen molar-refractivity contribution >= 4 is 17.5 Å². The summed E-state index contributed by atoms with van der Waals surface area (Å²) in [6.45, 7) is 7.78. The molecule has 0 aliphatic heterocycles. The molecule has 7 heteroatoms. The molecule has 1 aromatic rings. The Morgan fingerprint density at radius 1 is 1.33 bits per heavy atom. The second-order valence-corrected chi connectivity index (χ2v) is 5.56. The summed E-state index contributed by atoms with van der Waals surface area (Å²) in [5.74, 6) is 0. The molecule has 1 amide bonds. The molecule has 21 heavy (non-hydrogen) atoms. The van der Waals surface area contributed by atoms with Crippen molar-refractivity contribution in [3.63, 3.8) is 0 Å². The number of carbonyl (C=O) groups is 1. The largest absolute Gasteiger partial charge is 0.443 e. The van der Waals surface area contributed by atoms with Gasteiger partial charge in [0.25, 0.3) is 5.69 Å². The minimum Gasteiger partial charge on any atom is -0.443 e. The number of nitro groups is 1. The van der Waals surface area contributed by atoms with Gasteiger partial charge in [-0.15, -0.1) is 0 Å². The number of non-ortho nitro benzene ring substituents is 1. The molecular weight excluding hydrogens is 274 g/mol. The molecule has 0 saturated heterocycles. The number of nitrogens with one attached hydrogen (secondary N) is 1.